The van der Waals surface area contributed by atoms with Crippen LogP contribution in [0.2, 0.25) is 0 Å². The van der Waals surface area contributed by atoms with Crippen LogP contribution in [-0.4, -0.2) is 54.8 Å². The molecule has 2 aliphatic heterocycles. The summed E-state index contributed by atoms with van der Waals surface area (Å²) in [5, 5.41) is 3.14. The van der Waals surface area contributed by atoms with Gasteiger partial charge in [0.05, 0.1) is 5.69 Å². The predicted molar refractivity (Wildman–Crippen MR) is 113 cm³/mol. The van der Waals surface area contributed by atoms with Gasteiger partial charge in [0.15, 0.2) is 0 Å². The molecule has 4 nitrogen and oxygen atoms in total. The fourth-order valence-electron chi connectivity index (χ4n) is 5.25. The zero-order valence-corrected chi connectivity index (χ0v) is 17.3. The third-order valence-electron chi connectivity index (χ3n) is 6.84. The number of anilines is 1. The predicted octanol–water partition coefficient (Wildman–Crippen LogP) is 4.77. The van der Waals surface area contributed by atoms with E-state index in [0.29, 0.717) is 11.8 Å². The number of carbonyl (C=O) groups excluding carboxylic acids is 1. The van der Waals surface area contributed by atoms with Crippen molar-refractivity contribution in [1.29, 1.82) is 0 Å². The van der Waals surface area contributed by atoms with E-state index in [2.05, 4.69) is 27.4 Å². The fourth-order valence-corrected chi connectivity index (χ4v) is 5.80. The molecule has 0 spiro atoms. The van der Waals surface area contributed by atoms with Crippen LogP contribution in [0.4, 0.5) is 10.5 Å². The molecule has 5 heteroatoms. The molecule has 0 unspecified atom stereocenters. The van der Waals surface area contributed by atoms with E-state index in [1.54, 1.807) is 11.8 Å². The molecule has 0 aromatic heterocycles. The van der Waals surface area contributed by atoms with Crippen molar-refractivity contribution in [2.75, 3.05) is 44.3 Å². The molecule has 1 saturated carbocycles. The lowest BCUT2D eigenvalue weighted by Gasteiger charge is -2.25. The summed E-state index contributed by atoms with van der Waals surface area (Å²) in [6.45, 7) is 5.62. The third kappa shape index (κ3) is 4.62. The lowest BCUT2D eigenvalue weighted by molar-refractivity contribution is 0.211. The Balaban J connectivity index is 1.29. The van der Waals surface area contributed by atoms with Crippen LogP contribution in [-0.2, 0) is 0 Å². The number of nitrogens with zero attached hydrogens (tertiary/aromatic N) is 2. The first kappa shape index (κ1) is 19.1. The fraction of sp³-hybridized carbons (Fsp3) is 0.682. The second-order valence-electron chi connectivity index (χ2n) is 8.58. The number of fused-ring (bicyclic) bond motifs is 1. The van der Waals surface area contributed by atoms with Gasteiger partial charge in [-0.05, 0) is 74.9 Å². The number of rotatable bonds is 4. The summed E-state index contributed by atoms with van der Waals surface area (Å²) >= 11 is 1.68. The molecule has 4 rings (SSSR count). The van der Waals surface area contributed by atoms with Crippen molar-refractivity contribution in [2.45, 2.75) is 43.4 Å². The summed E-state index contributed by atoms with van der Waals surface area (Å²) in [6, 6.07) is 8.15. The molecule has 1 aliphatic carbocycles. The van der Waals surface area contributed by atoms with Crippen LogP contribution in [0.3, 0.4) is 0 Å². The molecule has 2 amide bonds. The molecule has 0 radical (unpaired) electrons. The van der Waals surface area contributed by atoms with E-state index in [9.17, 15) is 4.79 Å². The Morgan fingerprint density at radius 3 is 2.41 bits per heavy atom. The van der Waals surface area contributed by atoms with Crippen molar-refractivity contribution in [3.05, 3.63) is 24.3 Å². The number of carbonyl (C=O) groups is 1. The first-order valence-corrected chi connectivity index (χ1v) is 11.9. The SMILES string of the molecule is CSc1ccccc1NC(=O)N1C[C@H]2CCN(CC3CCCC3)CC[C@H]2C1. The minimum absolute atomic E-state index is 0.0763. The monoisotopic (exact) mass is 387 g/mol. The van der Waals surface area contributed by atoms with Gasteiger partial charge in [0, 0.05) is 24.5 Å². The number of hydrogen-bond acceptors (Lipinski definition) is 3. The Labute approximate surface area is 168 Å². The van der Waals surface area contributed by atoms with Gasteiger partial charge in [-0.1, -0.05) is 25.0 Å². The quantitative estimate of drug-likeness (QED) is 0.756. The second-order valence-corrected chi connectivity index (χ2v) is 9.43. The summed E-state index contributed by atoms with van der Waals surface area (Å²) in [5.74, 6) is 2.31. The average Bonchev–Trinajstić information content (AvgIpc) is 3.30. The Morgan fingerprint density at radius 1 is 1.07 bits per heavy atom. The van der Waals surface area contributed by atoms with Crippen molar-refractivity contribution in [1.82, 2.24) is 9.80 Å². The standard InChI is InChI=1S/C22H33N3OS/c1-27-21-9-5-4-8-20(21)23-22(26)25-15-18-10-12-24(13-11-19(18)16-25)14-17-6-2-3-7-17/h4-5,8-9,17-19H,2-3,6-7,10-16H2,1H3,(H,23,26)/t18-,19+. The molecule has 1 aromatic rings. The minimum atomic E-state index is 0.0763. The van der Waals surface area contributed by atoms with Gasteiger partial charge in [0.25, 0.3) is 0 Å². The first-order valence-electron chi connectivity index (χ1n) is 10.6. The highest BCUT2D eigenvalue weighted by Gasteiger charge is 2.37. The van der Waals surface area contributed by atoms with Crippen LogP contribution in [0.25, 0.3) is 0 Å². The normalized spacial score (nSPS) is 26.8. The lowest BCUT2D eigenvalue weighted by atomic mass is 9.92. The van der Waals surface area contributed by atoms with Crippen LogP contribution in [0.1, 0.15) is 38.5 Å². The van der Waals surface area contributed by atoms with Gasteiger partial charge in [-0.3, -0.25) is 0 Å². The van der Waals surface area contributed by atoms with Gasteiger partial charge < -0.3 is 15.1 Å². The van der Waals surface area contributed by atoms with E-state index in [1.807, 2.05) is 18.2 Å². The Morgan fingerprint density at radius 2 is 1.74 bits per heavy atom. The van der Waals surface area contributed by atoms with Crippen LogP contribution < -0.4 is 5.32 Å². The zero-order chi connectivity index (χ0) is 18.6. The van der Waals surface area contributed by atoms with Gasteiger partial charge in [0.2, 0.25) is 0 Å². The van der Waals surface area contributed by atoms with Crippen molar-refractivity contribution in [3.8, 4) is 0 Å². The maximum absolute atomic E-state index is 12.8. The molecule has 1 N–H and O–H groups in total. The summed E-state index contributed by atoms with van der Waals surface area (Å²) < 4.78 is 0. The molecular formula is C22H33N3OS. The maximum Gasteiger partial charge on any atom is 0.321 e. The molecule has 2 heterocycles. The molecule has 1 aromatic carbocycles. The van der Waals surface area contributed by atoms with E-state index >= 15 is 0 Å². The van der Waals surface area contributed by atoms with Gasteiger partial charge in [-0.2, -0.15) is 0 Å². The van der Waals surface area contributed by atoms with Gasteiger partial charge >= 0.3 is 6.03 Å². The maximum atomic E-state index is 12.8. The molecule has 148 valence electrons. The van der Waals surface area contributed by atoms with E-state index < -0.39 is 0 Å². The number of hydrogen-bond donors (Lipinski definition) is 1. The van der Waals surface area contributed by atoms with E-state index in [0.717, 1.165) is 29.6 Å². The summed E-state index contributed by atoms with van der Waals surface area (Å²) in [6.07, 6.45) is 10.3. The summed E-state index contributed by atoms with van der Waals surface area (Å²) in [4.78, 5) is 18.7. The number of benzene rings is 1. The Kier molecular flexibility index (Phi) is 6.28. The molecule has 2 saturated heterocycles. The number of urea groups is 1. The molecular weight excluding hydrogens is 354 g/mol. The number of thioether (sulfide) groups is 1. The van der Waals surface area contributed by atoms with Crippen LogP contribution in [0.15, 0.2) is 29.2 Å². The van der Waals surface area contributed by atoms with Crippen molar-refractivity contribution < 1.29 is 4.79 Å². The van der Waals surface area contributed by atoms with E-state index in [4.69, 9.17) is 0 Å². The van der Waals surface area contributed by atoms with Crippen molar-refractivity contribution in [2.24, 2.45) is 17.8 Å². The number of amides is 2. The third-order valence-corrected chi connectivity index (χ3v) is 7.63. The Hall–Kier alpha value is -1.20. The molecule has 0 bridgehead atoms. The van der Waals surface area contributed by atoms with Crippen molar-refractivity contribution in [3.63, 3.8) is 0 Å². The van der Waals surface area contributed by atoms with Gasteiger partial charge in [-0.25, -0.2) is 4.79 Å². The van der Waals surface area contributed by atoms with Crippen molar-refractivity contribution >= 4 is 23.5 Å². The van der Waals surface area contributed by atoms with Gasteiger partial charge in [0.1, 0.15) is 0 Å². The molecule has 2 atom stereocenters. The minimum Gasteiger partial charge on any atom is -0.324 e. The molecule has 3 aliphatic rings. The van der Waals surface area contributed by atoms with Crippen LogP contribution in [0, 0.1) is 17.8 Å². The molecule has 27 heavy (non-hydrogen) atoms. The molecule has 3 fully saturated rings. The largest absolute Gasteiger partial charge is 0.324 e. The van der Waals surface area contributed by atoms with Crippen LogP contribution >= 0.6 is 11.8 Å². The van der Waals surface area contributed by atoms with Gasteiger partial charge in [-0.15, -0.1) is 11.8 Å². The number of nitrogens with one attached hydrogen (secondary N) is 1. The highest BCUT2D eigenvalue weighted by molar-refractivity contribution is 7.98. The summed E-state index contributed by atoms with van der Waals surface area (Å²) in [7, 11) is 0. The second kappa shape index (κ2) is 8.87. The first-order chi connectivity index (χ1) is 13.2. The zero-order valence-electron chi connectivity index (χ0n) is 16.5. The highest BCUT2D eigenvalue weighted by atomic mass is 32.2. The Bertz CT molecular complexity index is 630. The van der Waals surface area contributed by atoms with E-state index in [1.165, 1.54) is 58.2 Å². The summed E-state index contributed by atoms with van der Waals surface area (Å²) in [5.41, 5.74) is 0.935. The number of likely N-dealkylation sites (tertiary alicyclic amines) is 2. The lowest BCUT2D eigenvalue weighted by Crippen LogP contribution is -2.35. The number of para-hydroxylation sites is 1. The smallest absolute Gasteiger partial charge is 0.321 e. The van der Waals surface area contributed by atoms with Crippen LogP contribution in [0.5, 0.6) is 0 Å². The van der Waals surface area contributed by atoms with E-state index in [-0.39, 0.29) is 6.03 Å². The highest BCUT2D eigenvalue weighted by Crippen LogP contribution is 2.34. The average molecular weight is 388 g/mol. The topological polar surface area (TPSA) is 35.6 Å².